The molecular weight excluding hydrogens is 290 g/mol. The number of amides is 1. The third kappa shape index (κ3) is 3.42. The summed E-state index contributed by atoms with van der Waals surface area (Å²) < 4.78 is 1.96. The lowest BCUT2D eigenvalue weighted by Gasteiger charge is -2.29. The molecule has 2 aromatic rings. The first-order valence-corrected chi connectivity index (χ1v) is 7.97. The fourth-order valence-corrected chi connectivity index (χ4v) is 3.02. The Morgan fingerprint density at radius 1 is 1.35 bits per heavy atom. The zero-order chi connectivity index (χ0) is 16.4. The lowest BCUT2D eigenvalue weighted by Crippen LogP contribution is -2.45. The number of rotatable bonds is 4. The van der Waals surface area contributed by atoms with Gasteiger partial charge < -0.3 is 4.90 Å². The minimum absolute atomic E-state index is 0.0665. The average molecular weight is 313 g/mol. The first-order valence-electron chi connectivity index (χ1n) is 7.97. The lowest BCUT2D eigenvalue weighted by atomic mass is 10.0. The summed E-state index contributed by atoms with van der Waals surface area (Å²) in [6.07, 6.45) is 1.85. The highest BCUT2D eigenvalue weighted by atomic mass is 16.2. The van der Waals surface area contributed by atoms with Crippen molar-refractivity contribution in [3.05, 3.63) is 47.5 Å². The van der Waals surface area contributed by atoms with Gasteiger partial charge in [0.15, 0.2) is 0 Å². The third-order valence-corrected chi connectivity index (χ3v) is 4.19. The predicted molar refractivity (Wildman–Crippen MR) is 87.9 cm³/mol. The normalized spacial score (nSPS) is 18.3. The Hall–Kier alpha value is -2.21. The SMILES string of the molecule is Cc1nc2n(n1)C[C@@H](N[C@H](C(=O)N(C)C)c1ccccc1)CC2. The van der Waals surface area contributed by atoms with E-state index in [1.807, 2.05) is 41.9 Å². The molecule has 0 saturated heterocycles. The summed E-state index contributed by atoms with van der Waals surface area (Å²) in [5.74, 6) is 1.91. The Kier molecular flexibility index (Phi) is 4.43. The number of aromatic nitrogens is 3. The van der Waals surface area contributed by atoms with Crippen LogP contribution in [0.2, 0.25) is 0 Å². The highest BCUT2D eigenvalue weighted by Crippen LogP contribution is 2.20. The zero-order valence-corrected chi connectivity index (χ0v) is 13.9. The van der Waals surface area contributed by atoms with Gasteiger partial charge in [0.25, 0.3) is 0 Å². The molecule has 0 aliphatic carbocycles. The maximum atomic E-state index is 12.6. The summed E-state index contributed by atoms with van der Waals surface area (Å²) in [6, 6.07) is 9.76. The Balaban J connectivity index is 1.78. The monoisotopic (exact) mass is 313 g/mol. The molecule has 0 fully saturated rings. The molecule has 0 radical (unpaired) electrons. The van der Waals surface area contributed by atoms with E-state index in [0.29, 0.717) is 0 Å². The van der Waals surface area contributed by atoms with Gasteiger partial charge >= 0.3 is 0 Å². The molecule has 1 aromatic heterocycles. The second kappa shape index (κ2) is 6.50. The van der Waals surface area contributed by atoms with Crippen molar-refractivity contribution in [2.24, 2.45) is 0 Å². The molecule has 6 nitrogen and oxygen atoms in total. The van der Waals surface area contributed by atoms with E-state index < -0.39 is 0 Å². The van der Waals surface area contributed by atoms with Crippen LogP contribution < -0.4 is 5.32 Å². The molecule has 23 heavy (non-hydrogen) atoms. The van der Waals surface area contributed by atoms with Gasteiger partial charge in [-0.15, -0.1) is 0 Å². The second-order valence-electron chi connectivity index (χ2n) is 6.24. The fraction of sp³-hybridized carbons (Fsp3) is 0.471. The number of likely N-dealkylation sites (N-methyl/N-ethyl adjacent to an activating group) is 1. The number of carbonyl (C=O) groups is 1. The molecule has 0 unspecified atom stereocenters. The van der Waals surface area contributed by atoms with Crippen LogP contribution in [0.3, 0.4) is 0 Å². The van der Waals surface area contributed by atoms with Crippen molar-refractivity contribution < 1.29 is 4.79 Å². The number of nitrogens with one attached hydrogen (secondary N) is 1. The van der Waals surface area contributed by atoms with E-state index in [1.165, 1.54) is 0 Å². The molecule has 1 amide bonds. The minimum atomic E-state index is -0.331. The molecule has 1 aliphatic rings. The summed E-state index contributed by atoms with van der Waals surface area (Å²) in [5.41, 5.74) is 0.992. The zero-order valence-electron chi connectivity index (χ0n) is 13.9. The number of nitrogens with zero attached hydrogens (tertiary/aromatic N) is 4. The molecule has 1 aromatic carbocycles. The quantitative estimate of drug-likeness (QED) is 0.925. The molecule has 122 valence electrons. The highest BCUT2D eigenvalue weighted by Gasteiger charge is 2.28. The van der Waals surface area contributed by atoms with Crippen LogP contribution in [0.1, 0.15) is 29.7 Å². The molecule has 0 bridgehead atoms. The van der Waals surface area contributed by atoms with E-state index in [4.69, 9.17) is 0 Å². The first kappa shape index (κ1) is 15.7. The number of hydrogen-bond acceptors (Lipinski definition) is 4. The lowest BCUT2D eigenvalue weighted by molar-refractivity contribution is -0.131. The number of carbonyl (C=O) groups excluding carboxylic acids is 1. The maximum absolute atomic E-state index is 12.6. The summed E-state index contributed by atoms with van der Waals surface area (Å²) in [6.45, 7) is 2.66. The standard InChI is InChI=1S/C17H23N5O/c1-12-18-15-10-9-14(11-22(15)20-12)19-16(17(23)21(2)3)13-7-5-4-6-8-13/h4-8,14,16,19H,9-11H2,1-3H3/t14-,16-/m0/s1. The van der Waals surface area contributed by atoms with Crippen LogP contribution in [0.25, 0.3) is 0 Å². The molecule has 2 atom stereocenters. The number of benzene rings is 1. The second-order valence-corrected chi connectivity index (χ2v) is 6.24. The fourth-order valence-electron chi connectivity index (χ4n) is 3.02. The van der Waals surface area contributed by atoms with Crippen LogP contribution in [-0.4, -0.2) is 45.7 Å². The number of hydrogen-bond donors (Lipinski definition) is 1. The van der Waals surface area contributed by atoms with Gasteiger partial charge in [-0.25, -0.2) is 9.67 Å². The van der Waals surface area contributed by atoms with Crippen LogP contribution in [-0.2, 0) is 17.8 Å². The van der Waals surface area contributed by atoms with Crippen molar-refractivity contribution in [3.8, 4) is 0 Å². The van der Waals surface area contributed by atoms with E-state index in [9.17, 15) is 4.79 Å². The minimum Gasteiger partial charge on any atom is -0.347 e. The van der Waals surface area contributed by atoms with Crippen molar-refractivity contribution in [2.45, 2.75) is 38.4 Å². The van der Waals surface area contributed by atoms with E-state index in [2.05, 4.69) is 15.4 Å². The van der Waals surface area contributed by atoms with Crippen LogP contribution in [0.15, 0.2) is 30.3 Å². The van der Waals surface area contributed by atoms with Crippen molar-refractivity contribution in [2.75, 3.05) is 14.1 Å². The van der Waals surface area contributed by atoms with Crippen LogP contribution in [0.5, 0.6) is 0 Å². The Labute approximate surface area is 136 Å². The summed E-state index contributed by atoms with van der Waals surface area (Å²) in [5, 5.41) is 7.96. The van der Waals surface area contributed by atoms with Gasteiger partial charge in [-0.05, 0) is 18.9 Å². The molecule has 3 rings (SSSR count). The van der Waals surface area contributed by atoms with Crippen LogP contribution >= 0.6 is 0 Å². The number of fused-ring (bicyclic) bond motifs is 1. The van der Waals surface area contributed by atoms with Gasteiger partial charge in [-0.3, -0.25) is 10.1 Å². The van der Waals surface area contributed by atoms with Gasteiger partial charge in [0.2, 0.25) is 5.91 Å². The Morgan fingerprint density at radius 3 is 2.78 bits per heavy atom. The van der Waals surface area contributed by atoms with Gasteiger partial charge in [0.05, 0.1) is 6.54 Å². The van der Waals surface area contributed by atoms with Crippen LogP contribution in [0.4, 0.5) is 0 Å². The summed E-state index contributed by atoms with van der Waals surface area (Å²) >= 11 is 0. The molecule has 0 spiro atoms. The summed E-state index contributed by atoms with van der Waals surface area (Å²) in [4.78, 5) is 18.7. The molecule has 1 N–H and O–H groups in total. The molecule has 1 aliphatic heterocycles. The van der Waals surface area contributed by atoms with E-state index in [0.717, 1.165) is 36.6 Å². The van der Waals surface area contributed by atoms with Crippen molar-refractivity contribution >= 4 is 5.91 Å². The predicted octanol–water partition coefficient (Wildman–Crippen LogP) is 1.32. The number of aryl methyl sites for hydroxylation is 2. The topological polar surface area (TPSA) is 63.1 Å². The van der Waals surface area contributed by atoms with Gasteiger partial charge in [0, 0.05) is 26.6 Å². The largest absolute Gasteiger partial charge is 0.347 e. The Morgan fingerprint density at radius 2 is 2.09 bits per heavy atom. The molecular formula is C17H23N5O. The third-order valence-electron chi connectivity index (χ3n) is 4.19. The summed E-state index contributed by atoms with van der Waals surface area (Å²) in [7, 11) is 3.58. The molecule has 6 heteroatoms. The Bertz CT molecular complexity index is 680. The molecule has 0 saturated carbocycles. The van der Waals surface area contributed by atoms with Crippen molar-refractivity contribution in [3.63, 3.8) is 0 Å². The molecule has 2 heterocycles. The smallest absolute Gasteiger partial charge is 0.243 e. The highest BCUT2D eigenvalue weighted by molar-refractivity contribution is 5.82. The van der Waals surface area contributed by atoms with E-state index in [-0.39, 0.29) is 18.0 Å². The van der Waals surface area contributed by atoms with Gasteiger partial charge in [0.1, 0.15) is 17.7 Å². The maximum Gasteiger partial charge on any atom is 0.243 e. The van der Waals surface area contributed by atoms with Crippen LogP contribution in [0, 0.1) is 6.92 Å². The first-order chi connectivity index (χ1) is 11.0. The van der Waals surface area contributed by atoms with Crippen molar-refractivity contribution in [1.82, 2.24) is 25.0 Å². The average Bonchev–Trinajstić information content (AvgIpc) is 2.92. The van der Waals surface area contributed by atoms with E-state index in [1.54, 1.807) is 19.0 Å². The van der Waals surface area contributed by atoms with Gasteiger partial charge in [-0.1, -0.05) is 30.3 Å². The van der Waals surface area contributed by atoms with E-state index >= 15 is 0 Å². The van der Waals surface area contributed by atoms with Crippen molar-refractivity contribution in [1.29, 1.82) is 0 Å². The van der Waals surface area contributed by atoms with Gasteiger partial charge in [-0.2, -0.15) is 5.10 Å².